The van der Waals surface area contributed by atoms with Crippen molar-refractivity contribution in [2.45, 2.75) is 58.4 Å². The van der Waals surface area contributed by atoms with Crippen LogP contribution in [0.25, 0.3) is 0 Å². The van der Waals surface area contributed by atoms with Gasteiger partial charge >= 0.3 is 0 Å². The van der Waals surface area contributed by atoms with Gasteiger partial charge in [-0.25, -0.2) is 9.97 Å². The van der Waals surface area contributed by atoms with Crippen molar-refractivity contribution in [3.63, 3.8) is 0 Å². The molecule has 1 amide bonds. The highest BCUT2D eigenvalue weighted by molar-refractivity contribution is 7.15. The number of amides is 1. The van der Waals surface area contributed by atoms with Crippen molar-refractivity contribution >= 4 is 28.2 Å². The Labute approximate surface area is 157 Å². The van der Waals surface area contributed by atoms with Gasteiger partial charge in [-0.05, 0) is 39.5 Å². The molecule has 138 valence electrons. The Morgan fingerprint density at radius 2 is 1.96 bits per heavy atom. The van der Waals surface area contributed by atoms with Gasteiger partial charge in [-0.15, -0.1) is 10.2 Å². The van der Waals surface area contributed by atoms with Gasteiger partial charge in [0.25, 0.3) is 0 Å². The molecule has 0 spiro atoms. The van der Waals surface area contributed by atoms with Gasteiger partial charge in [0.05, 0.1) is 11.7 Å². The molecule has 0 bridgehead atoms. The summed E-state index contributed by atoms with van der Waals surface area (Å²) in [6.45, 7) is 4.64. The maximum Gasteiger partial charge on any atom is 0.226 e. The van der Waals surface area contributed by atoms with E-state index < -0.39 is 0 Å². The predicted octanol–water partition coefficient (Wildman–Crippen LogP) is 3.54. The van der Waals surface area contributed by atoms with Crippen molar-refractivity contribution in [1.82, 2.24) is 25.1 Å². The molecular weight excluding hydrogens is 348 g/mol. The summed E-state index contributed by atoms with van der Waals surface area (Å²) >= 11 is 1.49. The number of hydrogen-bond donors (Lipinski definition) is 1. The highest BCUT2D eigenvalue weighted by atomic mass is 32.1. The molecule has 1 saturated heterocycles. The second-order valence-electron chi connectivity index (χ2n) is 7.15. The quantitative estimate of drug-likeness (QED) is 0.884. The Bertz CT molecular complexity index is 801. The van der Waals surface area contributed by atoms with E-state index in [9.17, 15) is 4.79 Å². The topological polar surface area (TPSA) is 83.9 Å². The van der Waals surface area contributed by atoms with Crippen LogP contribution in [0, 0.1) is 19.8 Å². The van der Waals surface area contributed by atoms with Gasteiger partial charge in [-0.2, -0.15) is 0 Å². The van der Waals surface area contributed by atoms with Gasteiger partial charge < -0.3 is 10.2 Å². The van der Waals surface area contributed by atoms with Crippen LogP contribution >= 0.6 is 11.3 Å². The molecule has 2 aliphatic rings. The average molecular weight is 372 g/mol. The van der Waals surface area contributed by atoms with Crippen molar-refractivity contribution in [3.05, 3.63) is 22.6 Å². The van der Waals surface area contributed by atoms with Crippen LogP contribution in [0.4, 0.5) is 10.9 Å². The normalized spacial score (nSPS) is 20.7. The number of likely N-dealkylation sites (tertiary alicyclic amines) is 1. The molecular formula is C18H24N6OS. The Hall–Kier alpha value is -2.09. The van der Waals surface area contributed by atoms with Crippen LogP contribution in [0.15, 0.2) is 6.07 Å². The first-order valence-corrected chi connectivity index (χ1v) is 10.1. The Kier molecular flexibility index (Phi) is 4.84. The van der Waals surface area contributed by atoms with E-state index in [1.807, 2.05) is 19.9 Å². The minimum absolute atomic E-state index is 0.0570. The number of rotatable bonds is 4. The monoisotopic (exact) mass is 372 g/mol. The number of carbonyl (C=O) groups excluding carboxylic acids is 1. The van der Waals surface area contributed by atoms with Crippen LogP contribution in [0.2, 0.25) is 0 Å². The van der Waals surface area contributed by atoms with Crippen LogP contribution in [-0.2, 0) is 4.79 Å². The fourth-order valence-electron chi connectivity index (χ4n) is 4.03. The molecule has 0 unspecified atom stereocenters. The summed E-state index contributed by atoms with van der Waals surface area (Å²) in [5, 5.41) is 13.0. The third-order valence-electron chi connectivity index (χ3n) is 5.20. The fraction of sp³-hybridized carbons (Fsp3) is 0.611. The van der Waals surface area contributed by atoms with Crippen LogP contribution in [0.3, 0.4) is 0 Å². The Morgan fingerprint density at radius 1 is 1.15 bits per heavy atom. The Morgan fingerprint density at radius 3 is 2.69 bits per heavy atom. The molecule has 2 fully saturated rings. The van der Waals surface area contributed by atoms with E-state index >= 15 is 0 Å². The minimum Gasteiger partial charge on any atom is -0.334 e. The number of nitrogens with one attached hydrogen (secondary N) is 1. The van der Waals surface area contributed by atoms with E-state index in [4.69, 9.17) is 0 Å². The molecule has 1 aliphatic carbocycles. The van der Waals surface area contributed by atoms with Crippen LogP contribution in [0.5, 0.6) is 0 Å². The summed E-state index contributed by atoms with van der Waals surface area (Å²) in [6.07, 6.45) is 6.42. The first-order valence-electron chi connectivity index (χ1n) is 9.33. The molecule has 1 aliphatic heterocycles. The molecule has 1 saturated carbocycles. The molecule has 8 heteroatoms. The van der Waals surface area contributed by atoms with E-state index in [1.165, 1.54) is 24.2 Å². The first kappa shape index (κ1) is 17.3. The number of aromatic nitrogens is 4. The lowest BCUT2D eigenvalue weighted by atomic mass is 10.0. The summed E-state index contributed by atoms with van der Waals surface area (Å²) < 4.78 is 0. The van der Waals surface area contributed by atoms with E-state index in [0.29, 0.717) is 17.5 Å². The van der Waals surface area contributed by atoms with E-state index in [-0.39, 0.29) is 12.0 Å². The molecule has 1 N–H and O–H groups in total. The standard InChI is InChI=1S/C18H24N6OS/c1-11-19-14(10-16(20-11)21-18-23-22-12(2)26-18)15-8-5-9-24(15)17(25)13-6-3-4-7-13/h10,13,15H,3-9H2,1-2H3,(H,19,20,21,23)/t15-/m1/s1. The van der Waals surface area contributed by atoms with E-state index in [2.05, 4.69) is 30.4 Å². The van der Waals surface area contributed by atoms with Gasteiger partial charge in [-0.1, -0.05) is 24.2 Å². The lowest BCUT2D eigenvalue weighted by molar-refractivity contribution is -0.136. The smallest absolute Gasteiger partial charge is 0.226 e. The number of anilines is 2. The van der Waals surface area contributed by atoms with Gasteiger partial charge in [0.15, 0.2) is 0 Å². The molecule has 2 aromatic heterocycles. The largest absolute Gasteiger partial charge is 0.334 e. The van der Waals surface area contributed by atoms with Crippen molar-refractivity contribution in [3.8, 4) is 0 Å². The summed E-state index contributed by atoms with van der Waals surface area (Å²) in [4.78, 5) is 24.1. The molecule has 0 aromatic carbocycles. The molecule has 2 aromatic rings. The molecule has 26 heavy (non-hydrogen) atoms. The highest BCUT2D eigenvalue weighted by Crippen LogP contribution is 2.36. The van der Waals surface area contributed by atoms with Gasteiger partial charge in [-0.3, -0.25) is 4.79 Å². The van der Waals surface area contributed by atoms with Crippen molar-refractivity contribution in [2.24, 2.45) is 5.92 Å². The zero-order valence-corrected chi connectivity index (χ0v) is 16.1. The van der Waals surface area contributed by atoms with Gasteiger partial charge in [0.1, 0.15) is 16.6 Å². The highest BCUT2D eigenvalue weighted by Gasteiger charge is 2.35. The van der Waals surface area contributed by atoms with Crippen molar-refractivity contribution < 1.29 is 4.79 Å². The van der Waals surface area contributed by atoms with E-state index in [1.54, 1.807) is 0 Å². The zero-order chi connectivity index (χ0) is 18.1. The molecule has 7 nitrogen and oxygen atoms in total. The number of nitrogens with zero attached hydrogens (tertiary/aromatic N) is 5. The summed E-state index contributed by atoms with van der Waals surface area (Å²) in [6, 6.07) is 2.01. The maximum absolute atomic E-state index is 12.9. The lowest BCUT2D eigenvalue weighted by Crippen LogP contribution is -2.35. The number of carbonyl (C=O) groups is 1. The van der Waals surface area contributed by atoms with Crippen molar-refractivity contribution in [1.29, 1.82) is 0 Å². The third-order valence-corrected chi connectivity index (χ3v) is 5.95. The fourth-order valence-corrected chi connectivity index (χ4v) is 4.63. The Balaban J connectivity index is 1.56. The third kappa shape index (κ3) is 3.56. The molecule has 0 radical (unpaired) electrons. The van der Waals surface area contributed by atoms with Crippen LogP contribution in [0.1, 0.15) is 61.1 Å². The molecule has 3 heterocycles. The summed E-state index contributed by atoms with van der Waals surface area (Å²) in [5.74, 6) is 1.94. The summed E-state index contributed by atoms with van der Waals surface area (Å²) in [7, 11) is 0. The van der Waals surface area contributed by atoms with Crippen molar-refractivity contribution in [2.75, 3.05) is 11.9 Å². The van der Waals surface area contributed by atoms with E-state index in [0.717, 1.165) is 48.1 Å². The SMILES string of the molecule is Cc1nc(Nc2nnc(C)s2)cc([C@H]2CCCN2C(=O)C2CCCC2)n1. The minimum atomic E-state index is 0.0570. The zero-order valence-electron chi connectivity index (χ0n) is 15.2. The van der Waals surface area contributed by atoms with Crippen LogP contribution in [-0.4, -0.2) is 37.5 Å². The first-order chi connectivity index (χ1) is 12.6. The second kappa shape index (κ2) is 7.26. The predicted molar refractivity (Wildman–Crippen MR) is 100 cm³/mol. The second-order valence-corrected chi connectivity index (χ2v) is 8.33. The lowest BCUT2D eigenvalue weighted by Gasteiger charge is -2.27. The van der Waals surface area contributed by atoms with Gasteiger partial charge in [0, 0.05) is 18.5 Å². The van der Waals surface area contributed by atoms with Gasteiger partial charge in [0.2, 0.25) is 11.0 Å². The number of aryl methyl sites for hydroxylation is 2. The number of hydrogen-bond acceptors (Lipinski definition) is 7. The average Bonchev–Trinajstić information content (AvgIpc) is 3.35. The maximum atomic E-state index is 12.9. The molecule has 1 atom stereocenters. The van der Waals surface area contributed by atoms with Crippen LogP contribution < -0.4 is 5.32 Å². The molecule has 4 rings (SSSR count). The summed E-state index contributed by atoms with van der Waals surface area (Å²) in [5.41, 5.74) is 0.921.